The number of furan rings is 1. The number of anilines is 1. The molecule has 1 aromatic carbocycles. The van der Waals surface area contributed by atoms with E-state index in [1.165, 1.54) is 0 Å². The van der Waals surface area contributed by atoms with Gasteiger partial charge in [0.2, 0.25) is 0 Å². The second-order valence-electron chi connectivity index (χ2n) is 5.19. The van der Waals surface area contributed by atoms with Crippen LogP contribution < -0.4 is 10.6 Å². The van der Waals surface area contributed by atoms with Crippen molar-refractivity contribution in [3.8, 4) is 0 Å². The van der Waals surface area contributed by atoms with Crippen molar-refractivity contribution < 1.29 is 9.21 Å². The van der Waals surface area contributed by atoms with Gasteiger partial charge in [0.25, 0.3) is 5.91 Å². The Labute approximate surface area is 125 Å². The fourth-order valence-electron chi connectivity index (χ4n) is 2.36. The second-order valence-corrected chi connectivity index (χ2v) is 5.19. The van der Waals surface area contributed by atoms with Crippen molar-refractivity contribution in [2.75, 3.05) is 11.9 Å². The van der Waals surface area contributed by atoms with E-state index >= 15 is 0 Å². The Morgan fingerprint density at radius 2 is 2.05 bits per heavy atom. The summed E-state index contributed by atoms with van der Waals surface area (Å²) in [5, 5.41) is 6.28. The number of amides is 1. The first kappa shape index (κ1) is 15.3. The lowest BCUT2D eigenvalue weighted by atomic mass is 10.1. The maximum absolute atomic E-state index is 12.3. The summed E-state index contributed by atoms with van der Waals surface area (Å²) in [5.74, 6) is 1.24. The van der Waals surface area contributed by atoms with Crippen LogP contribution in [0.3, 0.4) is 0 Å². The quantitative estimate of drug-likeness (QED) is 0.878. The van der Waals surface area contributed by atoms with Crippen LogP contribution in [0.25, 0.3) is 0 Å². The summed E-state index contributed by atoms with van der Waals surface area (Å²) in [6.45, 7) is 8.72. The second kappa shape index (κ2) is 6.59. The van der Waals surface area contributed by atoms with Crippen molar-refractivity contribution in [2.24, 2.45) is 0 Å². The predicted octanol–water partition coefficient (Wildman–Crippen LogP) is 3.82. The van der Waals surface area contributed by atoms with E-state index in [4.69, 9.17) is 4.42 Å². The average Bonchev–Trinajstić information content (AvgIpc) is 2.78. The van der Waals surface area contributed by atoms with Gasteiger partial charge >= 0.3 is 0 Å². The van der Waals surface area contributed by atoms with E-state index in [1.54, 1.807) is 13.0 Å². The summed E-state index contributed by atoms with van der Waals surface area (Å²) in [4.78, 5) is 12.3. The van der Waals surface area contributed by atoms with Gasteiger partial charge in [0, 0.05) is 11.7 Å². The third kappa shape index (κ3) is 3.73. The molecule has 4 nitrogen and oxygen atoms in total. The molecule has 0 radical (unpaired) electrons. The fraction of sp³-hybridized carbons (Fsp3) is 0.353. The first-order valence-corrected chi connectivity index (χ1v) is 7.23. The summed E-state index contributed by atoms with van der Waals surface area (Å²) in [6.07, 6.45) is 0. The first-order chi connectivity index (χ1) is 10.0. The van der Waals surface area contributed by atoms with Gasteiger partial charge in [-0.3, -0.25) is 4.79 Å². The minimum Gasteiger partial charge on any atom is -0.466 e. The molecule has 1 aromatic heterocycles. The maximum atomic E-state index is 12.3. The van der Waals surface area contributed by atoms with Crippen molar-refractivity contribution in [3.63, 3.8) is 0 Å². The topological polar surface area (TPSA) is 54.3 Å². The van der Waals surface area contributed by atoms with E-state index in [-0.39, 0.29) is 11.9 Å². The zero-order chi connectivity index (χ0) is 15.4. The van der Waals surface area contributed by atoms with Crippen LogP contribution >= 0.6 is 0 Å². The molecule has 21 heavy (non-hydrogen) atoms. The number of rotatable bonds is 5. The molecule has 2 N–H and O–H groups in total. The van der Waals surface area contributed by atoms with Gasteiger partial charge in [-0.05, 0) is 51.1 Å². The summed E-state index contributed by atoms with van der Waals surface area (Å²) >= 11 is 0. The minimum absolute atomic E-state index is 0.141. The molecule has 0 aliphatic rings. The molecule has 4 heteroatoms. The molecule has 0 aliphatic carbocycles. The maximum Gasteiger partial charge on any atom is 0.259 e. The lowest BCUT2D eigenvalue weighted by Gasteiger charge is -2.14. The van der Waals surface area contributed by atoms with Crippen LogP contribution in [-0.4, -0.2) is 12.5 Å². The molecule has 1 heterocycles. The van der Waals surface area contributed by atoms with E-state index in [0.717, 1.165) is 23.6 Å². The highest BCUT2D eigenvalue weighted by Crippen LogP contribution is 2.19. The van der Waals surface area contributed by atoms with Crippen molar-refractivity contribution in [1.82, 2.24) is 5.32 Å². The molecule has 0 spiro atoms. The van der Waals surface area contributed by atoms with Gasteiger partial charge in [-0.25, -0.2) is 0 Å². The molecule has 2 rings (SSSR count). The fourth-order valence-corrected chi connectivity index (χ4v) is 2.36. The number of hydrogen-bond acceptors (Lipinski definition) is 3. The molecule has 112 valence electrons. The Balaban J connectivity index is 2.14. The lowest BCUT2D eigenvalue weighted by molar-refractivity contribution is 0.102. The number of aryl methyl sites for hydroxylation is 2. The van der Waals surface area contributed by atoms with E-state index in [9.17, 15) is 4.79 Å². The van der Waals surface area contributed by atoms with Crippen molar-refractivity contribution in [1.29, 1.82) is 0 Å². The van der Waals surface area contributed by atoms with Crippen LogP contribution in [0.2, 0.25) is 0 Å². The molecular weight excluding hydrogens is 264 g/mol. The highest BCUT2D eigenvalue weighted by Gasteiger charge is 2.14. The minimum atomic E-state index is -0.141. The summed E-state index contributed by atoms with van der Waals surface area (Å²) in [6, 6.07) is 9.90. The van der Waals surface area contributed by atoms with Gasteiger partial charge in [0.15, 0.2) is 0 Å². The number of carbonyl (C=O) groups excluding carboxylic acids is 1. The number of nitrogens with one attached hydrogen (secondary N) is 2. The van der Waals surface area contributed by atoms with E-state index in [1.807, 2.05) is 25.1 Å². The number of benzene rings is 1. The van der Waals surface area contributed by atoms with Crippen LogP contribution in [0, 0.1) is 13.8 Å². The average molecular weight is 286 g/mol. The Kier molecular flexibility index (Phi) is 4.81. The van der Waals surface area contributed by atoms with Gasteiger partial charge in [0.05, 0.1) is 5.56 Å². The summed E-state index contributed by atoms with van der Waals surface area (Å²) < 4.78 is 5.40. The Morgan fingerprint density at radius 3 is 2.67 bits per heavy atom. The molecule has 2 aromatic rings. The van der Waals surface area contributed by atoms with E-state index in [2.05, 4.69) is 30.5 Å². The highest BCUT2D eigenvalue weighted by atomic mass is 16.3. The number of hydrogen-bond donors (Lipinski definition) is 2. The van der Waals surface area contributed by atoms with Crippen LogP contribution in [0.1, 0.15) is 47.3 Å². The lowest BCUT2D eigenvalue weighted by Crippen LogP contribution is -2.18. The van der Waals surface area contributed by atoms with Crippen LogP contribution in [0.4, 0.5) is 5.69 Å². The third-order valence-electron chi connectivity index (χ3n) is 3.44. The predicted molar refractivity (Wildman–Crippen MR) is 84.7 cm³/mol. The number of carbonyl (C=O) groups is 1. The molecule has 1 amide bonds. The van der Waals surface area contributed by atoms with Gasteiger partial charge in [0.1, 0.15) is 11.5 Å². The monoisotopic (exact) mass is 286 g/mol. The zero-order valence-electron chi connectivity index (χ0n) is 13.0. The molecule has 1 unspecified atom stereocenters. The third-order valence-corrected chi connectivity index (χ3v) is 3.44. The molecule has 0 fully saturated rings. The Morgan fingerprint density at radius 1 is 1.29 bits per heavy atom. The van der Waals surface area contributed by atoms with Crippen LogP contribution in [-0.2, 0) is 0 Å². The van der Waals surface area contributed by atoms with Crippen molar-refractivity contribution in [3.05, 3.63) is 53.0 Å². The van der Waals surface area contributed by atoms with Gasteiger partial charge < -0.3 is 15.1 Å². The molecule has 1 atom stereocenters. The Bertz CT molecular complexity index is 631. The van der Waals surface area contributed by atoms with Gasteiger partial charge in [-0.15, -0.1) is 0 Å². The largest absolute Gasteiger partial charge is 0.466 e. The molecule has 0 bridgehead atoms. The van der Waals surface area contributed by atoms with Crippen LogP contribution in [0.15, 0.2) is 34.7 Å². The standard InChI is InChI=1S/C17H22N2O2/c1-5-18-12(3)14-7-6-8-15(10-14)19-17(20)16-9-11(2)21-13(16)4/h6-10,12,18H,5H2,1-4H3,(H,19,20). The smallest absolute Gasteiger partial charge is 0.259 e. The van der Waals surface area contributed by atoms with E-state index in [0.29, 0.717) is 11.3 Å². The molecule has 0 aliphatic heterocycles. The normalized spacial score (nSPS) is 12.2. The zero-order valence-corrected chi connectivity index (χ0v) is 13.0. The first-order valence-electron chi connectivity index (χ1n) is 7.23. The molecule has 0 saturated carbocycles. The summed E-state index contributed by atoms with van der Waals surface area (Å²) in [7, 11) is 0. The van der Waals surface area contributed by atoms with Gasteiger partial charge in [-0.1, -0.05) is 19.1 Å². The highest BCUT2D eigenvalue weighted by molar-refractivity contribution is 6.05. The van der Waals surface area contributed by atoms with Crippen LogP contribution in [0.5, 0.6) is 0 Å². The van der Waals surface area contributed by atoms with Crippen molar-refractivity contribution in [2.45, 2.75) is 33.7 Å². The SMILES string of the molecule is CCNC(C)c1cccc(NC(=O)c2cc(C)oc2C)c1. The van der Waals surface area contributed by atoms with Crippen molar-refractivity contribution >= 4 is 11.6 Å². The molecular formula is C17H22N2O2. The molecule has 0 saturated heterocycles. The van der Waals surface area contributed by atoms with Gasteiger partial charge in [-0.2, -0.15) is 0 Å². The summed E-state index contributed by atoms with van der Waals surface area (Å²) in [5.41, 5.74) is 2.52. The Hall–Kier alpha value is -2.07. The van der Waals surface area contributed by atoms with E-state index < -0.39 is 0 Å².